The van der Waals surface area contributed by atoms with Crippen LogP contribution in [-0.4, -0.2) is 41.4 Å². The number of thiazole rings is 1. The van der Waals surface area contributed by atoms with E-state index in [0.717, 1.165) is 9.78 Å². The Hall–Kier alpha value is -2.95. The van der Waals surface area contributed by atoms with Gasteiger partial charge in [-0.3, -0.25) is 14.5 Å². The minimum atomic E-state index is -1.27. The largest absolute Gasteiger partial charge is 0.497 e. The number of thiophene rings is 1. The van der Waals surface area contributed by atoms with E-state index in [1.165, 1.54) is 22.7 Å². The lowest BCUT2D eigenvalue weighted by Gasteiger charge is -2.22. The highest BCUT2D eigenvalue weighted by molar-refractivity contribution is 7.20. The summed E-state index contributed by atoms with van der Waals surface area (Å²) in [5.41, 5.74) is 0.0178. The third kappa shape index (κ3) is 4.14. The molecule has 2 aromatic heterocycles. The summed E-state index contributed by atoms with van der Waals surface area (Å²) in [7, 11) is 1.54. The Morgan fingerprint density at radius 3 is 2.65 bits per heavy atom. The highest BCUT2D eigenvalue weighted by atomic mass is 35.5. The van der Waals surface area contributed by atoms with Crippen molar-refractivity contribution in [2.24, 2.45) is 0 Å². The van der Waals surface area contributed by atoms with Gasteiger partial charge in [0.15, 0.2) is 5.13 Å². The molecule has 4 amide bonds. The maximum absolute atomic E-state index is 13.0. The lowest BCUT2D eigenvalue weighted by molar-refractivity contribution is -0.133. The molecule has 0 saturated carbocycles. The van der Waals surface area contributed by atoms with Crippen LogP contribution in [0.15, 0.2) is 41.8 Å². The smallest absolute Gasteiger partial charge is 0.325 e. The number of amides is 4. The molecule has 2 N–H and O–H groups in total. The van der Waals surface area contributed by atoms with E-state index >= 15 is 0 Å². The number of carbonyl (C=O) groups is 3. The van der Waals surface area contributed by atoms with Gasteiger partial charge in [-0.1, -0.05) is 23.7 Å². The van der Waals surface area contributed by atoms with Crippen molar-refractivity contribution in [3.8, 4) is 16.3 Å². The molecule has 1 atom stereocenters. The van der Waals surface area contributed by atoms with Crippen molar-refractivity contribution < 1.29 is 19.1 Å². The number of halogens is 1. The van der Waals surface area contributed by atoms with Gasteiger partial charge >= 0.3 is 6.03 Å². The number of imide groups is 1. The molecular formula is C20H17ClN4O4S2. The molecule has 0 radical (unpaired) electrons. The highest BCUT2D eigenvalue weighted by Gasteiger charge is 2.49. The minimum Gasteiger partial charge on any atom is -0.497 e. The second-order valence-corrected chi connectivity index (χ2v) is 9.44. The molecule has 1 aliphatic heterocycles. The lowest BCUT2D eigenvalue weighted by atomic mass is 9.92. The Balaban J connectivity index is 1.44. The molecule has 0 spiro atoms. The molecule has 0 aliphatic carbocycles. The molecule has 1 saturated heterocycles. The van der Waals surface area contributed by atoms with E-state index in [0.29, 0.717) is 26.5 Å². The average Bonchev–Trinajstić information content (AvgIpc) is 3.44. The van der Waals surface area contributed by atoms with Crippen molar-refractivity contribution in [1.82, 2.24) is 15.2 Å². The predicted octanol–water partition coefficient (Wildman–Crippen LogP) is 3.94. The molecule has 3 aromatic rings. The van der Waals surface area contributed by atoms with Crippen LogP contribution in [-0.2, 0) is 15.1 Å². The van der Waals surface area contributed by atoms with Crippen molar-refractivity contribution in [3.05, 3.63) is 51.7 Å². The number of hydrogen-bond acceptors (Lipinski definition) is 7. The first-order valence-corrected chi connectivity index (χ1v) is 11.2. The fourth-order valence-corrected chi connectivity index (χ4v) is 4.96. The van der Waals surface area contributed by atoms with E-state index in [-0.39, 0.29) is 0 Å². The van der Waals surface area contributed by atoms with Crippen molar-refractivity contribution in [3.63, 3.8) is 0 Å². The number of anilines is 1. The summed E-state index contributed by atoms with van der Waals surface area (Å²) < 4.78 is 5.77. The zero-order valence-electron chi connectivity index (χ0n) is 16.5. The van der Waals surface area contributed by atoms with Gasteiger partial charge in [0.2, 0.25) is 5.91 Å². The van der Waals surface area contributed by atoms with E-state index in [4.69, 9.17) is 16.3 Å². The van der Waals surface area contributed by atoms with Gasteiger partial charge in [0.05, 0.1) is 22.0 Å². The number of ether oxygens (including phenoxy) is 1. The van der Waals surface area contributed by atoms with E-state index < -0.39 is 29.9 Å². The predicted molar refractivity (Wildman–Crippen MR) is 120 cm³/mol. The van der Waals surface area contributed by atoms with Crippen LogP contribution in [0.1, 0.15) is 12.5 Å². The van der Waals surface area contributed by atoms with Gasteiger partial charge in [-0.2, -0.15) is 0 Å². The van der Waals surface area contributed by atoms with E-state index in [1.807, 2.05) is 6.07 Å². The Morgan fingerprint density at radius 2 is 2.00 bits per heavy atom. The van der Waals surface area contributed by atoms with Crippen LogP contribution in [0.25, 0.3) is 10.6 Å². The summed E-state index contributed by atoms with van der Waals surface area (Å²) in [5, 5.41) is 7.48. The normalized spacial score (nSPS) is 18.2. The molecule has 0 bridgehead atoms. The number of rotatable bonds is 6. The van der Waals surface area contributed by atoms with Crippen LogP contribution < -0.4 is 15.4 Å². The maximum Gasteiger partial charge on any atom is 0.325 e. The molecule has 11 heteroatoms. The Kier molecular flexibility index (Phi) is 5.69. The van der Waals surface area contributed by atoms with Crippen LogP contribution in [0.4, 0.5) is 9.93 Å². The van der Waals surface area contributed by atoms with Gasteiger partial charge in [0.1, 0.15) is 17.8 Å². The summed E-state index contributed by atoms with van der Waals surface area (Å²) in [6.07, 6.45) is 0. The number of carbonyl (C=O) groups excluding carboxylic acids is 3. The van der Waals surface area contributed by atoms with Crippen LogP contribution in [0.3, 0.4) is 0 Å². The topological polar surface area (TPSA) is 101 Å². The monoisotopic (exact) mass is 476 g/mol. The molecule has 1 aliphatic rings. The zero-order chi connectivity index (χ0) is 22.2. The Labute approximate surface area is 190 Å². The number of aromatic nitrogens is 1. The Morgan fingerprint density at radius 1 is 1.26 bits per heavy atom. The first kappa shape index (κ1) is 21.3. The lowest BCUT2D eigenvalue weighted by Crippen LogP contribution is -2.42. The van der Waals surface area contributed by atoms with Gasteiger partial charge in [0.25, 0.3) is 5.91 Å². The zero-order valence-corrected chi connectivity index (χ0v) is 18.9. The van der Waals surface area contributed by atoms with Crippen LogP contribution in [0, 0.1) is 0 Å². The quantitative estimate of drug-likeness (QED) is 0.525. The minimum absolute atomic E-state index is 0.370. The molecule has 4 rings (SSSR count). The molecule has 1 unspecified atom stereocenters. The number of hydrogen-bond donors (Lipinski definition) is 2. The van der Waals surface area contributed by atoms with E-state index in [1.54, 1.807) is 49.7 Å². The fraction of sp³-hybridized carbons (Fsp3) is 0.200. The SMILES string of the molecule is COc1ccc(C2(C)NC(=O)N(CC(=O)Nc3nc(-c4ccc(Cl)s4)cs3)C2=O)cc1. The average molecular weight is 477 g/mol. The van der Waals surface area contributed by atoms with Gasteiger partial charge in [-0.25, -0.2) is 9.78 Å². The number of benzene rings is 1. The van der Waals surface area contributed by atoms with Gasteiger partial charge in [0, 0.05) is 5.38 Å². The van der Waals surface area contributed by atoms with E-state index in [9.17, 15) is 14.4 Å². The third-order valence-electron chi connectivity index (χ3n) is 4.82. The van der Waals surface area contributed by atoms with Crippen molar-refractivity contribution in [1.29, 1.82) is 0 Å². The van der Waals surface area contributed by atoms with Crippen molar-refractivity contribution >= 4 is 57.3 Å². The summed E-state index contributed by atoms with van der Waals surface area (Å²) in [6, 6.07) is 9.80. The van der Waals surface area contributed by atoms with Gasteiger partial charge < -0.3 is 15.4 Å². The molecule has 1 aromatic carbocycles. The fourth-order valence-electron chi connectivity index (χ4n) is 3.16. The number of nitrogens with one attached hydrogen (secondary N) is 2. The summed E-state index contributed by atoms with van der Waals surface area (Å²) in [6.45, 7) is 1.18. The second-order valence-electron chi connectivity index (χ2n) is 6.86. The summed E-state index contributed by atoms with van der Waals surface area (Å²) >= 11 is 8.58. The van der Waals surface area contributed by atoms with Gasteiger partial charge in [-0.15, -0.1) is 22.7 Å². The first-order chi connectivity index (χ1) is 14.8. The summed E-state index contributed by atoms with van der Waals surface area (Å²) in [5.74, 6) is -0.397. The molecule has 3 heterocycles. The van der Waals surface area contributed by atoms with Gasteiger partial charge in [-0.05, 0) is 36.8 Å². The number of urea groups is 1. The number of methoxy groups -OCH3 is 1. The van der Waals surface area contributed by atoms with Crippen molar-refractivity contribution in [2.45, 2.75) is 12.5 Å². The second kappa shape index (κ2) is 8.29. The van der Waals surface area contributed by atoms with Crippen LogP contribution >= 0.6 is 34.3 Å². The molecule has 31 heavy (non-hydrogen) atoms. The highest BCUT2D eigenvalue weighted by Crippen LogP contribution is 2.33. The first-order valence-electron chi connectivity index (χ1n) is 9.10. The molecular weight excluding hydrogens is 460 g/mol. The third-order valence-corrected chi connectivity index (χ3v) is 6.83. The number of nitrogens with zero attached hydrogens (tertiary/aromatic N) is 2. The van der Waals surface area contributed by atoms with E-state index in [2.05, 4.69) is 15.6 Å². The Bertz CT molecular complexity index is 1160. The summed E-state index contributed by atoms with van der Waals surface area (Å²) in [4.78, 5) is 44.0. The molecule has 160 valence electrons. The van der Waals surface area contributed by atoms with Crippen LogP contribution in [0.5, 0.6) is 5.75 Å². The molecule has 8 nitrogen and oxygen atoms in total. The standard InChI is InChI=1S/C20H17ClN4O4S2/c1-20(11-3-5-12(29-2)6-4-11)17(27)25(19(28)24-20)9-16(26)23-18-22-13(10-30-18)14-7-8-15(21)31-14/h3-8,10H,9H2,1-2H3,(H,24,28)(H,22,23,26). The molecule has 1 fully saturated rings. The maximum atomic E-state index is 13.0. The van der Waals surface area contributed by atoms with Crippen molar-refractivity contribution in [2.75, 3.05) is 19.0 Å². The van der Waals surface area contributed by atoms with Crippen LogP contribution in [0.2, 0.25) is 4.34 Å².